The Morgan fingerprint density at radius 1 is 0.897 bits per heavy atom. The largest absolute Gasteiger partial charge is 0.336 e. The van der Waals surface area contributed by atoms with E-state index in [9.17, 15) is 14.4 Å². The number of nitrogens with zero attached hydrogens (tertiary/aromatic N) is 2. The Morgan fingerprint density at radius 3 is 2.38 bits per heavy atom. The van der Waals surface area contributed by atoms with Crippen LogP contribution in [-0.2, 0) is 11.3 Å². The van der Waals surface area contributed by atoms with Gasteiger partial charge in [-0.15, -0.1) is 0 Å². The lowest BCUT2D eigenvalue weighted by Gasteiger charge is -2.14. The minimum atomic E-state index is -0.582. The molecule has 0 bridgehead atoms. The summed E-state index contributed by atoms with van der Waals surface area (Å²) < 4.78 is 2.37. The van der Waals surface area contributed by atoms with Gasteiger partial charge in [0.1, 0.15) is 6.54 Å². The first-order valence-corrected chi connectivity index (χ1v) is 9.28. The molecule has 0 saturated heterocycles. The van der Waals surface area contributed by atoms with Gasteiger partial charge in [-0.25, -0.2) is 9.36 Å². The Morgan fingerprint density at radius 2 is 1.62 bits per heavy atom. The third-order valence-corrected chi connectivity index (χ3v) is 4.71. The van der Waals surface area contributed by atoms with Crippen molar-refractivity contribution in [2.45, 2.75) is 6.54 Å². The molecule has 4 aromatic rings. The number of nitrogens with one attached hydrogen (secondary N) is 1. The fourth-order valence-corrected chi connectivity index (χ4v) is 3.38. The second-order valence-corrected chi connectivity index (χ2v) is 6.86. The summed E-state index contributed by atoms with van der Waals surface area (Å²) in [5.74, 6) is -0.405. The summed E-state index contributed by atoms with van der Waals surface area (Å²) in [5, 5.41) is 3.57. The minimum absolute atomic E-state index is 0.251. The third kappa shape index (κ3) is 3.70. The molecule has 0 saturated carbocycles. The van der Waals surface area contributed by atoms with Gasteiger partial charge in [0, 0.05) is 10.7 Å². The van der Waals surface area contributed by atoms with Gasteiger partial charge in [0.25, 0.3) is 5.56 Å². The van der Waals surface area contributed by atoms with E-state index in [0.29, 0.717) is 27.3 Å². The Balaban J connectivity index is 1.82. The Kier molecular flexibility index (Phi) is 5.01. The number of carbonyl (C=O) groups is 1. The smallest absolute Gasteiger partial charge is 0.324 e. The number of amides is 1. The molecule has 29 heavy (non-hydrogen) atoms. The number of hydrogen-bond donors (Lipinski definition) is 1. The number of fused-ring (bicyclic) bond motifs is 1. The zero-order valence-electron chi connectivity index (χ0n) is 15.2. The molecule has 0 aliphatic carbocycles. The van der Waals surface area contributed by atoms with E-state index >= 15 is 0 Å². The lowest BCUT2D eigenvalue weighted by atomic mass is 10.2. The molecule has 0 aliphatic heterocycles. The molecular weight excluding hydrogens is 390 g/mol. The molecule has 0 aliphatic rings. The van der Waals surface area contributed by atoms with Crippen LogP contribution in [0.3, 0.4) is 0 Å². The zero-order chi connectivity index (χ0) is 20.4. The van der Waals surface area contributed by atoms with E-state index in [1.165, 1.54) is 4.57 Å². The highest BCUT2D eigenvalue weighted by atomic mass is 35.5. The maximum Gasteiger partial charge on any atom is 0.336 e. The van der Waals surface area contributed by atoms with Gasteiger partial charge in [0.15, 0.2) is 0 Å². The second kappa shape index (κ2) is 7.77. The number of carbonyl (C=O) groups excluding carboxylic acids is 1. The monoisotopic (exact) mass is 405 g/mol. The number of benzene rings is 3. The molecule has 4 rings (SSSR count). The van der Waals surface area contributed by atoms with Gasteiger partial charge in [0.2, 0.25) is 5.91 Å². The van der Waals surface area contributed by atoms with E-state index in [1.54, 1.807) is 78.9 Å². The summed E-state index contributed by atoms with van der Waals surface area (Å²) in [4.78, 5) is 38.7. The molecule has 7 heteroatoms. The molecule has 1 heterocycles. The summed E-state index contributed by atoms with van der Waals surface area (Å²) in [7, 11) is 0. The van der Waals surface area contributed by atoms with Crippen LogP contribution in [0.5, 0.6) is 0 Å². The average Bonchev–Trinajstić information content (AvgIpc) is 2.72. The third-order valence-electron chi connectivity index (χ3n) is 4.48. The highest BCUT2D eigenvalue weighted by Gasteiger charge is 2.16. The van der Waals surface area contributed by atoms with E-state index in [2.05, 4.69) is 5.32 Å². The number of rotatable bonds is 4. The molecule has 0 atom stereocenters. The van der Waals surface area contributed by atoms with Crippen LogP contribution < -0.4 is 16.6 Å². The predicted octanol–water partition coefficient (Wildman–Crippen LogP) is 3.44. The summed E-state index contributed by atoms with van der Waals surface area (Å²) in [6.07, 6.45) is 0. The van der Waals surface area contributed by atoms with Crippen molar-refractivity contribution in [2.24, 2.45) is 0 Å². The van der Waals surface area contributed by atoms with Crippen molar-refractivity contribution < 1.29 is 4.79 Å². The van der Waals surface area contributed by atoms with Crippen molar-refractivity contribution in [1.82, 2.24) is 9.13 Å². The van der Waals surface area contributed by atoms with Gasteiger partial charge in [-0.1, -0.05) is 48.0 Å². The van der Waals surface area contributed by atoms with Crippen LogP contribution in [0.4, 0.5) is 5.69 Å². The maximum absolute atomic E-state index is 13.2. The Bertz CT molecular complexity index is 1330. The van der Waals surface area contributed by atoms with Gasteiger partial charge in [0.05, 0.1) is 16.6 Å². The van der Waals surface area contributed by atoms with Crippen molar-refractivity contribution in [3.05, 3.63) is 105 Å². The lowest BCUT2D eigenvalue weighted by molar-refractivity contribution is -0.116. The number of aromatic nitrogens is 2. The van der Waals surface area contributed by atoms with Crippen LogP contribution in [-0.4, -0.2) is 15.0 Å². The van der Waals surface area contributed by atoms with Crippen LogP contribution >= 0.6 is 11.6 Å². The van der Waals surface area contributed by atoms with Crippen LogP contribution in [0, 0.1) is 0 Å². The van der Waals surface area contributed by atoms with Crippen LogP contribution in [0.15, 0.2) is 88.5 Å². The first-order valence-electron chi connectivity index (χ1n) is 8.90. The number of para-hydroxylation sites is 2. The van der Waals surface area contributed by atoms with Crippen molar-refractivity contribution in [3.8, 4) is 5.69 Å². The molecular formula is C22H16ClN3O3. The van der Waals surface area contributed by atoms with E-state index in [1.807, 2.05) is 0 Å². The topological polar surface area (TPSA) is 73.1 Å². The molecule has 6 nitrogen and oxygen atoms in total. The summed E-state index contributed by atoms with van der Waals surface area (Å²) in [6.45, 7) is -0.251. The van der Waals surface area contributed by atoms with Crippen LogP contribution in [0.1, 0.15) is 0 Å². The summed E-state index contributed by atoms with van der Waals surface area (Å²) in [5.41, 5.74) is 0.355. The zero-order valence-corrected chi connectivity index (χ0v) is 16.0. The summed E-state index contributed by atoms with van der Waals surface area (Å²) >= 11 is 5.95. The first kappa shape index (κ1) is 18.7. The van der Waals surface area contributed by atoms with Crippen LogP contribution in [0.2, 0.25) is 5.02 Å². The minimum Gasteiger partial charge on any atom is -0.324 e. The van der Waals surface area contributed by atoms with Gasteiger partial charge < -0.3 is 5.32 Å². The fourth-order valence-electron chi connectivity index (χ4n) is 3.19. The highest BCUT2D eigenvalue weighted by molar-refractivity contribution is 6.30. The van der Waals surface area contributed by atoms with Crippen molar-refractivity contribution >= 4 is 34.1 Å². The number of anilines is 1. The second-order valence-electron chi connectivity index (χ2n) is 6.42. The van der Waals surface area contributed by atoms with Gasteiger partial charge in [-0.3, -0.25) is 14.2 Å². The molecule has 0 radical (unpaired) electrons. The van der Waals surface area contributed by atoms with E-state index < -0.39 is 17.2 Å². The fraction of sp³-hybridized carbons (Fsp3) is 0.0455. The van der Waals surface area contributed by atoms with Crippen LogP contribution in [0.25, 0.3) is 16.6 Å². The molecule has 144 valence electrons. The van der Waals surface area contributed by atoms with Gasteiger partial charge in [-0.2, -0.15) is 0 Å². The van der Waals surface area contributed by atoms with E-state index in [0.717, 1.165) is 4.57 Å². The molecule has 3 aromatic carbocycles. The quantitative estimate of drug-likeness (QED) is 0.565. The first-order chi connectivity index (χ1) is 14.0. The molecule has 1 amide bonds. The summed E-state index contributed by atoms with van der Waals surface area (Å²) in [6, 6.07) is 22.1. The predicted molar refractivity (Wildman–Crippen MR) is 114 cm³/mol. The standard InChI is InChI=1S/C22H16ClN3O3/c23-15-7-6-8-16(13-15)24-20(27)14-25-19-12-5-4-11-18(19)21(28)26(22(25)29)17-9-2-1-3-10-17/h1-13H,14H2,(H,24,27). The van der Waals surface area contributed by atoms with Gasteiger partial charge in [-0.05, 0) is 42.5 Å². The molecule has 1 aromatic heterocycles. The number of hydrogen-bond acceptors (Lipinski definition) is 3. The van der Waals surface area contributed by atoms with E-state index in [4.69, 9.17) is 11.6 Å². The highest BCUT2D eigenvalue weighted by Crippen LogP contribution is 2.15. The lowest BCUT2D eigenvalue weighted by Crippen LogP contribution is -2.40. The Labute approximate surface area is 170 Å². The normalized spacial score (nSPS) is 10.8. The van der Waals surface area contributed by atoms with Crippen molar-refractivity contribution in [3.63, 3.8) is 0 Å². The van der Waals surface area contributed by atoms with Crippen molar-refractivity contribution in [1.29, 1.82) is 0 Å². The van der Waals surface area contributed by atoms with Crippen molar-refractivity contribution in [2.75, 3.05) is 5.32 Å². The number of halogens is 1. The van der Waals surface area contributed by atoms with E-state index in [-0.39, 0.29) is 6.54 Å². The average molecular weight is 406 g/mol. The molecule has 0 spiro atoms. The molecule has 1 N–H and O–H groups in total. The maximum atomic E-state index is 13.2. The molecule has 0 fully saturated rings. The Hall–Kier alpha value is -3.64. The SMILES string of the molecule is O=C(Cn1c(=O)n(-c2ccccc2)c(=O)c2ccccc21)Nc1cccc(Cl)c1. The molecule has 0 unspecified atom stereocenters. The van der Waals surface area contributed by atoms with Gasteiger partial charge >= 0.3 is 5.69 Å².